The number of carbonyl (C=O) groups excluding carboxylic acids is 2. The Morgan fingerprint density at radius 2 is 1.63 bits per heavy atom. The van der Waals surface area contributed by atoms with E-state index in [0.717, 1.165) is 11.3 Å². The number of hydrogen-bond acceptors (Lipinski definition) is 6. The number of carbonyl (C=O) groups is 2. The van der Waals surface area contributed by atoms with Gasteiger partial charge in [-0.25, -0.2) is 13.2 Å². The van der Waals surface area contributed by atoms with Crippen LogP contribution >= 0.6 is 11.3 Å². The molecule has 0 unspecified atom stereocenters. The quantitative estimate of drug-likeness (QED) is 0.468. The third-order valence-electron chi connectivity index (χ3n) is 4.05. The molecule has 8 heteroatoms. The maximum atomic E-state index is 12.4. The Hall–Kier alpha value is -2.03. The first-order valence-corrected chi connectivity index (χ1v) is 11.0. The zero-order chi connectivity index (χ0) is 20.0. The summed E-state index contributed by atoms with van der Waals surface area (Å²) in [5.41, 5.74) is 0.196. The van der Waals surface area contributed by atoms with E-state index in [9.17, 15) is 18.0 Å². The minimum Gasteiger partial charge on any atom is -0.454 e. The number of thiophene rings is 1. The minimum absolute atomic E-state index is 0.115. The molecule has 1 aromatic heterocycles. The normalized spacial score (nSPS) is 11.6. The fraction of sp³-hybridized carbons (Fsp3) is 0.368. The van der Waals surface area contributed by atoms with Crippen LogP contribution in [0.15, 0.2) is 41.3 Å². The molecule has 2 rings (SSSR count). The number of esters is 1. The van der Waals surface area contributed by atoms with Crippen molar-refractivity contribution in [2.24, 2.45) is 0 Å². The third-order valence-corrected chi connectivity index (χ3v) is 7.39. The molecule has 1 aromatic carbocycles. The van der Waals surface area contributed by atoms with Crippen LogP contribution in [0.25, 0.3) is 0 Å². The molecule has 2 aromatic rings. The van der Waals surface area contributed by atoms with Gasteiger partial charge in [-0.3, -0.25) is 4.79 Å². The lowest BCUT2D eigenvalue weighted by atomic mass is 10.2. The zero-order valence-corrected chi connectivity index (χ0v) is 17.2. The molecule has 6 nitrogen and oxygen atoms in total. The Labute approximate surface area is 163 Å². The summed E-state index contributed by atoms with van der Waals surface area (Å²) in [4.78, 5) is 26.0. The van der Waals surface area contributed by atoms with Crippen molar-refractivity contribution in [3.05, 3.63) is 51.7 Å². The molecule has 0 aliphatic heterocycles. The first kappa shape index (κ1) is 21.3. The van der Waals surface area contributed by atoms with Gasteiger partial charge in [-0.1, -0.05) is 20.8 Å². The second-order valence-corrected chi connectivity index (χ2v) is 8.84. The molecule has 0 bridgehead atoms. The lowest BCUT2D eigenvalue weighted by Gasteiger charge is -2.18. The highest BCUT2D eigenvalue weighted by Crippen LogP contribution is 2.19. The van der Waals surface area contributed by atoms with Crippen LogP contribution in [-0.2, 0) is 21.2 Å². The van der Waals surface area contributed by atoms with Crippen LogP contribution in [-0.4, -0.2) is 44.2 Å². The third kappa shape index (κ3) is 5.03. The minimum atomic E-state index is -3.58. The molecule has 0 aliphatic carbocycles. The van der Waals surface area contributed by atoms with E-state index in [0.29, 0.717) is 18.0 Å². The molecule has 0 spiro atoms. The Kier molecular flexibility index (Phi) is 7.29. The highest BCUT2D eigenvalue weighted by atomic mass is 32.2. The summed E-state index contributed by atoms with van der Waals surface area (Å²) in [5.74, 6) is -0.920. The molecular formula is C19H23NO5S2. The number of ether oxygens (including phenoxy) is 1. The van der Waals surface area contributed by atoms with Crippen molar-refractivity contribution in [2.45, 2.75) is 32.1 Å². The van der Waals surface area contributed by atoms with Crippen LogP contribution < -0.4 is 0 Å². The van der Waals surface area contributed by atoms with Gasteiger partial charge in [-0.15, -0.1) is 11.3 Å². The van der Waals surface area contributed by atoms with E-state index >= 15 is 0 Å². The van der Waals surface area contributed by atoms with E-state index in [4.69, 9.17) is 4.74 Å². The largest absolute Gasteiger partial charge is 0.454 e. The topological polar surface area (TPSA) is 80.8 Å². The number of Topliss-reactive ketones (excluding diaryl/α,β-unsaturated/α-hetero) is 1. The summed E-state index contributed by atoms with van der Waals surface area (Å²) < 4.78 is 31.3. The Balaban J connectivity index is 2.02. The Bertz CT molecular complexity index is 896. The van der Waals surface area contributed by atoms with Gasteiger partial charge in [0.25, 0.3) is 0 Å². The van der Waals surface area contributed by atoms with Crippen LogP contribution in [0.4, 0.5) is 0 Å². The molecule has 0 fully saturated rings. The average Bonchev–Trinajstić information content (AvgIpc) is 3.16. The van der Waals surface area contributed by atoms with Gasteiger partial charge < -0.3 is 4.74 Å². The van der Waals surface area contributed by atoms with Crippen LogP contribution in [0.1, 0.15) is 45.7 Å². The van der Waals surface area contributed by atoms with E-state index in [1.807, 2.05) is 13.0 Å². The van der Waals surface area contributed by atoms with Crippen molar-refractivity contribution >= 4 is 33.1 Å². The van der Waals surface area contributed by atoms with Gasteiger partial charge in [-0.05, 0) is 42.8 Å². The Morgan fingerprint density at radius 1 is 1.00 bits per heavy atom. The van der Waals surface area contributed by atoms with Crippen LogP contribution in [0.2, 0.25) is 0 Å². The van der Waals surface area contributed by atoms with Crippen molar-refractivity contribution in [1.82, 2.24) is 4.31 Å². The second-order valence-electron chi connectivity index (χ2n) is 5.73. The summed E-state index contributed by atoms with van der Waals surface area (Å²) in [7, 11) is -3.58. The lowest BCUT2D eigenvalue weighted by molar-refractivity contribution is 0.0475. The van der Waals surface area contributed by atoms with Gasteiger partial charge >= 0.3 is 5.97 Å². The molecule has 0 saturated carbocycles. The maximum absolute atomic E-state index is 12.4. The van der Waals surface area contributed by atoms with Gasteiger partial charge in [-0.2, -0.15) is 4.31 Å². The molecule has 146 valence electrons. The maximum Gasteiger partial charge on any atom is 0.338 e. The van der Waals surface area contributed by atoms with E-state index in [1.165, 1.54) is 39.9 Å². The van der Waals surface area contributed by atoms with Crippen molar-refractivity contribution in [2.75, 3.05) is 19.7 Å². The van der Waals surface area contributed by atoms with E-state index in [-0.39, 0.29) is 22.8 Å². The van der Waals surface area contributed by atoms with Gasteiger partial charge in [0.15, 0.2) is 6.61 Å². The van der Waals surface area contributed by atoms with Crippen LogP contribution in [0, 0.1) is 0 Å². The molecule has 1 heterocycles. The summed E-state index contributed by atoms with van der Waals surface area (Å²) >= 11 is 1.39. The molecule has 0 amide bonds. The lowest BCUT2D eigenvalue weighted by Crippen LogP contribution is -2.30. The number of hydrogen-bond donors (Lipinski definition) is 0. The first-order chi connectivity index (χ1) is 12.8. The Morgan fingerprint density at radius 3 is 2.15 bits per heavy atom. The molecule has 0 atom stereocenters. The summed E-state index contributed by atoms with van der Waals surface area (Å²) in [5, 5.41) is 0. The molecule has 0 N–H and O–H groups in total. The number of sulfonamides is 1. The number of nitrogens with zero attached hydrogens (tertiary/aromatic N) is 1. The SMILES string of the molecule is CCc1ccc(C(=O)COC(=O)c2ccc(S(=O)(=O)N(CC)CC)cc2)s1. The van der Waals surface area contributed by atoms with E-state index in [1.54, 1.807) is 19.9 Å². The molecule has 0 aliphatic rings. The standard InChI is InChI=1S/C19H23NO5S2/c1-4-15-9-12-18(26-15)17(21)13-25-19(22)14-7-10-16(11-8-14)27(23,24)20(5-2)6-3/h7-12H,4-6,13H2,1-3H3. The second kappa shape index (κ2) is 9.25. The van der Waals surface area contributed by atoms with Crippen molar-refractivity contribution in [3.63, 3.8) is 0 Å². The fourth-order valence-electron chi connectivity index (χ4n) is 2.48. The molecule has 0 saturated heterocycles. The van der Waals surface area contributed by atoms with Gasteiger partial charge in [0.1, 0.15) is 0 Å². The highest BCUT2D eigenvalue weighted by Gasteiger charge is 2.22. The fourth-order valence-corrected chi connectivity index (χ4v) is 4.81. The van der Waals surface area contributed by atoms with E-state index < -0.39 is 16.0 Å². The number of rotatable bonds is 9. The molecule has 27 heavy (non-hydrogen) atoms. The summed E-state index contributed by atoms with van der Waals surface area (Å²) in [6.07, 6.45) is 0.848. The van der Waals surface area contributed by atoms with E-state index in [2.05, 4.69) is 0 Å². The molecule has 0 radical (unpaired) electrons. The van der Waals surface area contributed by atoms with Crippen LogP contribution in [0.3, 0.4) is 0 Å². The highest BCUT2D eigenvalue weighted by molar-refractivity contribution is 7.89. The number of aryl methyl sites for hydroxylation is 1. The van der Waals surface area contributed by atoms with Crippen molar-refractivity contribution in [3.8, 4) is 0 Å². The van der Waals surface area contributed by atoms with Gasteiger partial charge in [0.2, 0.25) is 15.8 Å². The average molecular weight is 410 g/mol. The van der Waals surface area contributed by atoms with Crippen LogP contribution in [0.5, 0.6) is 0 Å². The predicted octanol–water partition coefficient (Wildman–Crippen LogP) is 3.38. The monoisotopic (exact) mass is 409 g/mol. The van der Waals surface area contributed by atoms with Gasteiger partial charge in [0.05, 0.1) is 15.3 Å². The van der Waals surface area contributed by atoms with Gasteiger partial charge in [0, 0.05) is 18.0 Å². The predicted molar refractivity (Wildman–Crippen MR) is 105 cm³/mol. The first-order valence-electron chi connectivity index (χ1n) is 8.72. The smallest absolute Gasteiger partial charge is 0.338 e. The number of ketones is 1. The summed E-state index contributed by atoms with van der Waals surface area (Å²) in [6.45, 7) is 5.92. The number of benzene rings is 1. The molecular weight excluding hydrogens is 386 g/mol. The summed E-state index contributed by atoms with van der Waals surface area (Å²) in [6, 6.07) is 9.14. The van der Waals surface area contributed by atoms with Crippen molar-refractivity contribution in [1.29, 1.82) is 0 Å². The zero-order valence-electron chi connectivity index (χ0n) is 15.6. The van der Waals surface area contributed by atoms with Crippen molar-refractivity contribution < 1.29 is 22.7 Å².